The Morgan fingerprint density at radius 3 is 2.53 bits per heavy atom. The van der Waals surface area contributed by atoms with Crippen molar-refractivity contribution in [1.29, 1.82) is 0 Å². The smallest absolute Gasteiger partial charge is 0.227 e. The monoisotopic (exact) mass is 427 g/mol. The summed E-state index contributed by atoms with van der Waals surface area (Å²) in [7, 11) is 0. The standard InChI is InChI=1S/C24H33N3O2S/c1-5-26(6-2)18(4)16-25-24(29)20-13-14-22(28)27(19-11-9-17(3)10-12-19)23(20)21-8-7-15-30-21/h7-12,15,18,20,23H,5-6,13-14,16H2,1-4H3,(H,25,29). The molecule has 3 unspecified atom stereocenters. The minimum absolute atomic E-state index is 0.0389. The molecule has 1 fully saturated rings. The van der Waals surface area contributed by atoms with Gasteiger partial charge in [-0.05, 0) is 56.9 Å². The van der Waals surface area contributed by atoms with Crippen LogP contribution in [0.25, 0.3) is 0 Å². The second kappa shape index (κ2) is 10.2. The molecule has 2 heterocycles. The lowest BCUT2D eigenvalue weighted by molar-refractivity contribution is -0.129. The van der Waals surface area contributed by atoms with Gasteiger partial charge in [0, 0.05) is 29.6 Å². The first-order chi connectivity index (χ1) is 14.5. The maximum atomic E-state index is 13.3. The highest BCUT2D eigenvalue weighted by Gasteiger charge is 2.42. The van der Waals surface area contributed by atoms with Crippen molar-refractivity contribution in [1.82, 2.24) is 10.2 Å². The predicted octanol–water partition coefficient (Wildman–Crippen LogP) is 4.39. The molecule has 1 aromatic heterocycles. The average Bonchev–Trinajstić information content (AvgIpc) is 3.28. The van der Waals surface area contributed by atoms with Crippen LogP contribution in [0.5, 0.6) is 0 Å². The van der Waals surface area contributed by atoms with Crippen LogP contribution >= 0.6 is 11.3 Å². The number of nitrogens with one attached hydrogen (secondary N) is 1. The number of nitrogens with zero attached hydrogens (tertiary/aromatic N) is 2. The van der Waals surface area contributed by atoms with Crippen LogP contribution in [-0.4, -0.2) is 42.4 Å². The molecule has 0 bridgehead atoms. The fourth-order valence-electron chi connectivity index (χ4n) is 4.32. The van der Waals surface area contributed by atoms with Crippen LogP contribution < -0.4 is 10.2 Å². The number of piperidine rings is 1. The van der Waals surface area contributed by atoms with Gasteiger partial charge in [0.1, 0.15) is 0 Å². The molecule has 1 aliphatic rings. The molecule has 1 N–H and O–H groups in total. The zero-order valence-electron chi connectivity index (χ0n) is 18.4. The summed E-state index contributed by atoms with van der Waals surface area (Å²) >= 11 is 1.61. The molecule has 1 aliphatic heterocycles. The number of hydrogen-bond acceptors (Lipinski definition) is 4. The van der Waals surface area contributed by atoms with Gasteiger partial charge in [-0.15, -0.1) is 11.3 Å². The Morgan fingerprint density at radius 2 is 1.93 bits per heavy atom. The number of hydrogen-bond donors (Lipinski definition) is 1. The van der Waals surface area contributed by atoms with Crippen molar-refractivity contribution < 1.29 is 9.59 Å². The molecule has 3 atom stereocenters. The highest BCUT2D eigenvalue weighted by Crippen LogP contribution is 2.41. The van der Waals surface area contributed by atoms with Gasteiger partial charge in [-0.2, -0.15) is 0 Å². The van der Waals surface area contributed by atoms with Gasteiger partial charge >= 0.3 is 0 Å². The number of rotatable bonds is 8. The van der Waals surface area contributed by atoms with E-state index in [1.165, 1.54) is 0 Å². The van der Waals surface area contributed by atoms with Crippen molar-refractivity contribution in [3.63, 3.8) is 0 Å². The zero-order chi connectivity index (χ0) is 21.7. The van der Waals surface area contributed by atoms with Crippen molar-refractivity contribution in [2.75, 3.05) is 24.5 Å². The Labute approximate surface area is 184 Å². The number of benzene rings is 1. The van der Waals surface area contributed by atoms with E-state index >= 15 is 0 Å². The first-order valence-electron chi connectivity index (χ1n) is 10.9. The molecule has 2 amide bonds. The Morgan fingerprint density at radius 1 is 1.23 bits per heavy atom. The second-order valence-electron chi connectivity index (χ2n) is 8.02. The van der Waals surface area contributed by atoms with Gasteiger partial charge in [0.15, 0.2) is 0 Å². The minimum atomic E-state index is -0.266. The van der Waals surface area contributed by atoms with Gasteiger partial charge < -0.3 is 10.2 Å². The van der Waals surface area contributed by atoms with Gasteiger partial charge in [0.25, 0.3) is 0 Å². The van der Waals surface area contributed by atoms with E-state index in [0.29, 0.717) is 19.4 Å². The maximum Gasteiger partial charge on any atom is 0.227 e. The van der Waals surface area contributed by atoms with Crippen molar-refractivity contribution in [2.45, 2.75) is 52.6 Å². The molecule has 0 aliphatic carbocycles. The summed E-state index contributed by atoms with van der Waals surface area (Å²) in [5.41, 5.74) is 2.01. The summed E-state index contributed by atoms with van der Waals surface area (Å²) in [6, 6.07) is 12.0. The summed E-state index contributed by atoms with van der Waals surface area (Å²) in [5, 5.41) is 5.19. The zero-order valence-corrected chi connectivity index (χ0v) is 19.2. The maximum absolute atomic E-state index is 13.3. The average molecular weight is 428 g/mol. The summed E-state index contributed by atoms with van der Waals surface area (Å²) in [5.74, 6) is -0.138. The lowest BCUT2D eigenvalue weighted by Crippen LogP contribution is -2.50. The number of likely N-dealkylation sites (N-methyl/N-ethyl adjacent to an activating group) is 1. The number of anilines is 1. The predicted molar refractivity (Wildman–Crippen MR) is 124 cm³/mol. The van der Waals surface area contributed by atoms with Crippen LogP contribution in [0, 0.1) is 12.8 Å². The molecule has 1 aromatic carbocycles. The van der Waals surface area contributed by atoms with Crippen LogP contribution in [0.1, 0.15) is 50.1 Å². The third-order valence-corrected chi connectivity index (χ3v) is 7.03. The molecule has 1 saturated heterocycles. The summed E-state index contributed by atoms with van der Waals surface area (Å²) in [4.78, 5) is 31.5. The van der Waals surface area contributed by atoms with Crippen molar-refractivity contribution in [2.24, 2.45) is 5.92 Å². The van der Waals surface area contributed by atoms with Gasteiger partial charge in [-0.25, -0.2) is 0 Å². The van der Waals surface area contributed by atoms with Crippen LogP contribution in [-0.2, 0) is 9.59 Å². The Kier molecular flexibility index (Phi) is 7.67. The first kappa shape index (κ1) is 22.5. The van der Waals surface area contributed by atoms with E-state index in [4.69, 9.17) is 0 Å². The number of aryl methyl sites for hydroxylation is 1. The normalized spacial score (nSPS) is 20.4. The topological polar surface area (TPSA) is 52.7 Å². The molecular weight excluding hydrogens is 394 g/mol. The summed E-state index contributed by atoms with van der Waals surface area (Å²) in [6.07, 6.45) is 0.967. The van der Waals surface area contributed by atoms with Crippen LogP contribution in [0.15, 0.2) is 41.8 Å². The summed E-state index contributed by atoms with van der Waals surface area (Å²) < 4.78 is 0. The molecule has 0 spiro atoms. The molecule has 2 aromatic rings. The Bertz CT molecular complexity index is 831. The largest absolute Gasteiger partial charge is 0.354 e. The molecule has 162 valence electrons. The van der Waals surface area contributed by atoms with E-state index in [-0.39, 0.29) is 29.8 Å². The van der Waals surface area contributed by atoms with E-state index in [1.807, 2.05) is 53.6 Å². The van der Waals surface area contributed by atoms with Crippen molar-refractivity contribution in [3.8, 4) is 0 Å². The highest BCUT2D eigenvalue weighted by molar-refractivity contribution is 7.10. The van der Waals surface area contributed by atoms with E-state index in [0.717, 1.165) is 29.2 Å². The lowest BCUT2D eigenvalue weighted by atomic mass is 9.86. The molecule has 0 saturated carbocycles. The third-order valence-electron chi connectivity index (χ3n) is 6.09. The van der Waals surface area contributed by atoms with Gasteiger partial charge in [-0.3, -0.25) is 14.5 Å². The molecule has 30 heavy (non-hydrogen) atoms. The van der Waals surface area contributed by atoms with Crippen LogP contribution in [0.3, 0.4) is 0 Å². The number of carbonyl (C=O) groups is 2. The fraction of sp³-hybridized carbons (Fsp3) is 0.500. The quantitative estimate of drug-likeness (QED) is 0.680. The third kappa shape index (κ3) is 4.93. The number of amides is 2. The van der Waals surface area contributed by atoms with Gasteiger partial charge in [0.05, 0.1) is 12.0 Å². The SMILES string of the molecule is CCN(CC)C(C)CNC(=O)C1CCC(=O)N(c2ccc(C)cc2)C1c1cccs1. The van der Waals surface area contributed by atoms with E-state index in [2.05, 4.69) is 31.0 Å². The molecule has 3 rings (SSSR count). The van der Waals surface area contributed by atoms with Gasteiger partial charge in [-0.1, -0.05) is 37.6 Å². The number of carbonyl (C=O) groups excluding carboxylic acids is 2. The van der Waals surface area contributed by atoms with Crippen molar-refractivity contribution in [3.05, 3.63) is 52.2 Å². The summed E-state index contributed by atoms with van der Waals surface area (Å²) in [6.45, 7) is 11.0. The number of thiophene rings is 1. The molecule has 6 heteroatoms. The molecular formula is C24H33N3O2S. The van der Waals surface area contributed by atoms with Crippen LogP contribution in [0.2, 0.25) is 0 Å². The van der Waals surface area contributed by atoms with Crippen LogP contribution in [0.4, 0.5) is 5.69 Å². The van der Waals surface area contributed by atoms with E-state index < -0.39 is 0 Å². The minimum Gasteiger partial charge on any atom is -0.354 e. The Balaban J connectivity index is 1.85. The van der Waals surface area contributed by atoms with Crippen molar-refractivity contribution >= 4 is 28.8 Å². The fourth-order valence-corrected chi connectivity index (χ4v) is 5.20. The lowest BCUT2D eigenvalue weighted by Gasteiger charge is -2.40. The first-order valence-corrected chi connectivity index (χ1v) is 11.8. The Hall–Kier alpha value is -2.18. The van der Waals surface area contributed by atoms with E-state index in [1.54, 1.807) is 11.3 Å². The second-order valence-corrected chi connectivity index (χ2v) is 9.00. The van der Waals surface area contributed by atoms with Gasteiger partial charge in [0.2, 0.25) is 11.8 Å². The highest BCUT2D eigenvalue weighted by atomic mass is 32.1. The molecule has 5 nitrogen and oxygen atoms in total. The molecule has 0 radical (unpaired) electrons. The van der Waals surface area contributed by atoms with E-state index in [9.17, 15) is 9.59 Å².